The Bertz CT molecular complexity index is 1220. The first-order valence-corrected chi connectivity index (χ1v) is 11.4. The maximum Gasteiger partial charge on any atom is 0.255 e. The van der Waals surface area contributed by atoms with Gasteiger partial charge < -0.3 is 10.6 Å². The number of pyridine rings is 2. The zero-order valence-electron chi connectivity index (χ0n) is 17.8. The van der Waals surface area contributed by atoms with E-state index in [1.165, 1.54) is 0 Å². The summed E-state index contributed by atoms with van der Waals surface area (Å²) in [4.78, 5) is 34.0. The van der Waals surface area contributed by atoms with Gasteiger partial charge in [-0.25, -0.2) is 0 Å². The minimum absolute atomic E-state index is 0.148. The molecular formula is C26H22N4O2S. The van der Waals surface area contributed by atoms with Crippen molar-refractivity contribution in [2.24, 2.45) is 0 Å². The van der Waals surface area contributed by atoms with E-state index < -0.39 is 0 Å². The first-order valence-electron chi connectivity index (χ1n) is 10.4. The highest BCUT2D eigenvalue weighted by molar-refractivity contribution is 7.98. The van der Waals surface area contributed by atoms with E-state index in [2.05, 4.69) is 20.6 Å². The van der Waals surface area contributed by atoms with Crippen LogP contribution in [0.4, 0.5) is 5.69 Å². The molecule has 2 aromatic carbocycles. The molecule has 2 aromatic heterocycles. The number of aromatic nitrogens is 2. The third-order valence-corrected chi connectivity index (χ3v) is 5.91. The van der Waals surface area contributed by atoms with Crippen LogP contribution in [0.25, 0.3) is 0 Å². The molecular weight excluding hydrogens is 432 g/mol. The van der Waals surface area contributed by atoms with Crippen LogP contribution in [0, 0.1) is 0 Å². The van der Waals surface area contributed by atoms with E-state index >= 15 is 0 Å². The zero-order valence-corrected chi connectivity index (χ0v) is 18.6. The second-order valence-corrected chi connectivity index (χ2v) is 8.30. The van der Waals surface area contributed by atoms with Crippen LogP contribution in [0.3, 0.4) is 0 Å². The van der Waals surface area contributed by atoms with Crippen LogP contribution in [0.15, 0.2) is 102 Å². The fourth-order valence-corrected chi connectivity index (χ4v) is 3.94. The van der Waals surface area contributed by atoms with Crippen molar-refractivity contribution in [3.63, 3.8) is 0 Å². The number of hydrogen-bond donors (Lipinski definition) is 2. The van der Waals surface area contributed by atoms with Crippen molar-refractivity contribution in [1.29, 1.82) is 0 Å². The monoisotopic (exact) mass is 454 g/mol. The number of nitrogens with zero attached hydrogens (tertiary/aromatic N) is 2. The predicted molar refractivity (Wildman–Crippen MR) is 130 cm³/mol. The smallest absolute Gasteiger partial charge is 0.255 e. The molecule has 4 rings (SSSR count). The number of nitrogens with one attached hydrogen (secondary N) is 2. The molecule has 0 saturated carbocycles. The molecule has 0 bridgehead atoms. The number of thioether (sulfide) groups is 1. The Morgan fingerprint density at radius 1 is 0.758 bits per heavy atom. The first kappa shape index (κ1) is 22.2. The lowest BCUT2D eigenvalue weighted by atomic mass is 10.1. The van der Waals surface area contributed by atoms with Crippen molar-refractivity contribution in [2.45, 2.75) is 17.2 Å². The molecule has 0 fully saturated rings. The summed E-state index contributed by atoms with van der Waals surface area (Å²) in [6.07, 6.45) is 6.77. The Balaban J connectivity index is 1.29. The number of carbonyl (C=O) groups excluding carboxylic acids is 2. The van der Waals surface area contributed by atoms with Gasteiger partial charge in [0.25, 0.3) is 11.8 Å². The summed E-state index contributed by atoms with van der Waals surface area (Å²) in [7, 11) is 0. The Hall–Kier alpha value is -3.97. The van der Waals surface area contributed by atoms with Crippen molar-refractivity contribution < 1.29 is 9.59 Å². The summed E-state index contributed by atoms with van der Waals surface area (Å²) in [5, 5.41) is 5.79. The third kappa shape index (κ3) is 6.51. The maximum absolute atomic E-state index is 12.6. The summed E-state index contributed by atoms with van der Waals surface area (Å²) in [6.45, 7) is 0.356. The molecule has 7 heteroatoms. The Labute approximate surface area is 196 Å². The molecule has 2 N–H and O–H groups in total. The summed E-state index contributed by atoms with van der Waals surface area (Å²) in [5.74, 6) is 0.470. The Kier molecular flexibility index (Phi) is 7.45. The summed E-state index contributed by atoms with van der Waals surface area (Å²) >= 11 is 1.70. The van der Waals surface area contributed by atoms with Gasteiger partial charge in [0.2, 0.25) is 0 Å². The van der Waals surface area contributed by atoms with Crippen LogP contribution >= 0.6 is 11.8 Å². The number of benzene rings is 2. The average Bonchev–Trinajstić information content (AvgIpc) is 2.88. The standard InChI is InChI=1S/C26H22N4O2S/c31-25(21-6-8-24(9-7-21)33-18-20-4-2-12-28-16-20)29-17-19-3-1-5-23(15-19)30-26(32)22-10-13-27-14-11-22/h1-16H,17-18H2,(H,29,31)(H,30,32). The molecule has 2 amide bonds. The topological polar surface area (TPSA) is 84.0 Å². The van der Waals surface area contributed by atoms with E-state index in [-0.39, 0.29) is 11.8 Å². The highest BCUT2D eigenvalue weighted by Crippen LogP contribution is 2.22. The minimum Gasteiger partial charge on any atom is -0.348 e. The van der Waals surface area contributed by atoms with Crippen molar-refractivity contribution in [3.8, 4) is 0 Å². The molecule has 0 saturated heterocycles. The van der Waals surface area contributed by atoms with Crippen LogP contribution in [0.5, 0.6) is 0 Å². The number of amides is 2. The molecule has 164 valence electrons. The molecule has 0 unspecified atom stereocenters. The molecule has 4 aromatic rings. The Morgan fingerprint density at radius 2 is 1.52 bits per heavy atom. The van der Waals surface area contributed by atoms with Crippen LogP contribution in [0.1, 0.15) is 31.8 Å². The highest BCUT2D eigenvalue weighted by Gasteiger charge is 2.08. The lowest BCUT2D eigenvalue weighted by Crippen LogP contribution is -2.22. The molecule has 0 atom stereocenters. The van der Waals surface area contributed by atoms with E-state index in [1.54, 1.807) is 42.5 Å². The second-order valence-electron chi connectivity index (χ2n) is 7.25. The van der Waals surface area contributed by atoms with Crippen molar-refractivity contribution in [1.82, 2.24) is 15.3 Å². The average molecular weight is 455 g/mol. The van der Waals surface area contributed by atoms with Gasteiger partial charge in [-0.2, -0.15) is 0 Å². The molecule has 0 aliphatic heterocycles. The van der Waals surface area contributed by atoms with Crippen molar-refractivity contribution in [3.05, 3.63) is 120 Å². The quantitative estimate of drug-likeness (QED) is 0.368. The summed E-state index contributed by atoms with van der Waals surface area (Å²) in [5.41, 5.74) is 3.84. The van der Waals surface area contributed by atoms with Crippen LogP contribution < -0.4 is 10.6 Å². The molecule has 6 nitrogen and oxygen atoms in total. The summed E-state index contributed by atoms with van der Waals surface area (Å²) in [6, 6.07) is 22.2. The Morgan fingerprint density at radius 3 is 2.27 bits per heavy atom. The van der Waals surface area contributed by atoms with Crippen LogP contribution in [-0.2, 0) is 12.3 Å². The van der Waals surface area contributed by atoms with Gasteiger partial charge in [0.1, 0.15) is 0 Å². The molecule has 0 radical (unpaired) electrons. The normalized spacial score (nSPS) is 10.4. The largest absolute Gasteiger partial charge is 0.348 e. The van der Waals surface area contributed by atoms with E-state index in [0.29, 0.717) is 23.4 Å². The second kappa shape index (κ2) is 11.1. The molecule has 0 aliphatic carbocycles. The number of hydrogen-bond acceptors (Lipinski definition) is 5. The van der Waals surface area contributed by atoms with Gasteiger partial charge in [0.05, 0.1) is 0 Å². The van der Waals surface area contributed by atoms with Gasteiger partial charge in [-0.1, -0.05) is 18.2 Å². The van der Waals surface area contributed by atoms with Crippen LogP contribution in [0.2, 0.25) is 0 Å². The van der Waals surface area contributed by atoms with E-state index in [9.17, 15) is 9.59 Å². The van der Waals surface area contributed by atoms with Gasteiger partial charge in [0.15, 0.2) is 0 Å². The molecule has 0 aliphatic rings. The fourth-order valence-electron chi connectivity index (χ4n) is 3.10. The van der Waals surface area contributed by atoms with Gasteiger partial charge in [-0.15, -0.1) is 11.8 Å². The highest BCUT2D eigenvalue weighted by atomic mass is 32.2. The lowest BCUT2D eigenvalue weighted by molar-refractivity contribution is 0.0950. The van der Waals surface area contributed by atoms with Gasteiger partial charge in [-0.05, 0) is 65.7 Å². The predicted octanol–water partition coefficient (Wildman–Crippen LogP) is 4.95. The molecule has 2 heterocycles. The van der Waals surface area contributed by atoms with E-state index in [4.69, 9.17) is 0 Å². The summed E-state index contributed by atoms with van der Waals surface area (Å²) < 4.78 is 0. The number of carbonyl (C=O) groups is 2. The number of rotatable bonds is 8. The van der Waals surface area contributed by atoms with Gasteiger partial charge >= 0.3 is 0 Å². The fraction of sp³-hybridized carbons (Fsp3) is 0.0769. The van der Waals surface area contributed by atoms with Gasteiger partial charge in [0, 0.05) is 58.8 Å². The maximum atomic E-state index is 12.6. The first-order chi connectivity index (χ1) is 16.2. The zero-order chi connectivity index (χ0) is 22.9. The SMILES string of the molecule is O=C(NCc1cccc(NC(=O)c2ccncc2)c1)c1ccc(SCc2cccnc2)cc1. The van der Waals surface area contributed by atoms with Crippen molar-refractivity contribution in [2.75, 3.05) is 5.32 Å². The third-order valence-electron chi connectivity index (χ3n) is 4.83. The van der Waals surface area contributed by atoms with Gasteiger partial charge in [-0.3, -0.25) is 19.6 Å². The number of anilines is 1. The van der Waals surface area contributed by atoms with E-state index in [1.807, 2.05) is 66.9 Å². The van der Waals surface area contributed by atoms with Crippen LogP contribution in [-0.4, -0.2) is 21.8 Å². The van der Waals surface area contributed by atoms with E-state index in [0.717, 1.165) is 21.8 Å². The molecule has 0 spiro atoms. The van der Waals surface area contributed by atoms with Crippen molar-refractivity contribution >= 4 is 29.3 Å². The minimum atomic E-state index is -0.208. The molecule has 33 heavy (non-hydrogen) atoms. The lowest BCUT2D eigenvalue weighted by Gasteiger charge is -2.09.